The third-order valence-electron chi connectivity index (χ3n) is 2.72. The summed E-state index contributed by atoms with van der Waals surface area (Å²) in [6.45, 7) is 6.05. The van der Waals surface area contributed by atoms with E-state index < -0.39 is 5.97 Å². The predicted molar refractivity (Wildman–Crippen MR) is 78.6 cm³/mol. The van der Waals surface area contributed by atoms with Gasteiger partial charge in [-0.1, -0.05) is 0 Å². The van der Waals surface area contributed by atoms with Crippen molar-refractivity contribution in [2.45, 2.75) is 25.7 Å². The van der Waals surface area contributed by atoms with Crippen LogP contribution in [0.25, 0.3) is 0 Å². The number of carbonyl (C=O) groups is 1. The van der Waals surface area contributed by atoms with Crippen molar-refractivity contribution in [2.24, 2.45) is 0 Å². The number of aliphatic carboxylic acids is 1. The summed E-state index contributed by atoms with van der Waals surface area (Å²) < 4.78 is 0. The molecule has 0 aromatic carbocycles. The van der Waals surface area contributed by atoms with Crippen molar-refractivity contribution < 1.29 is 9.90 Å². The maximum atomic E-state index is 10.2. The number of nitrogens with one attached hydrogen (secondary N) is 4. The summed E-state index contributed by atoms with van der Waals surface area (Å²) in [6, 6.07) is 0. The Morgan fingerprint density at radius 3 is 1.79 bits per heavy atom. The molecule has 6 nitrogen and oxygen atoms in total. The van der Waals surface area contributed by atoms with Gasteiger partial charge in [-0.3, -0.25) is 4.79 Å². The number of hydrogen-bond donors (Lipinski definition) is 5. The summed E-state index contributed by atoms with van der Waals surface area (Å²) in [6.07, 6.45) is 4.53. The molecule has 0 aromatic rings. The van der Waals surface area contributed by atoms with Gasteiger partial charge in [-0.05, 0) is 72.0 Å². The molecule has 0 bridgehead atoms. The highest BCUT2D eigenvalue weighted by molar-refractivity contribution is 5.68. The molecule has 6 heteroatoms. The molecule has 0 rings (SSSR count). The van der Waals surface area contributed by atoms with E-state index in [1.165, 1.54) is 19.3 Å². The van der Waals surface area contributed by atoms with Crippen LogP contribution in [0.15, 0.2) is 0 Å². The number of rotatable bonds is 15. The first-order valence-corrected chi connectivity index (χ1v) is 7.26. The molecule has 19 heavy (non-hydrogen) atoms. The minimum Gasteiger partial charge on any atom is -0.480 e. The molecule has 0 aliphatic carbocycles. The van der Waals surface area contributed by atoms with E-state index >= 15 is 0 Å². The van der Waals surface area contributed by atoms with Crippen LogP contribution in [0, 0.1) is 0 Å². The zero-order valence-corrected chi connectivity index (χ0v) is 12.1. The molecule has 5 N–H and O–H groups in total. The van der Waals surface area contributed by atoms with E-state index in [4.69, 9.17) is 5.11 Å². The maximum Gasteiger partial charge on any atom is 0.317 e. The smallest absolute Gasteiger partial charge is 0.317 e. The Hall–Kier alpha value is -0.690. The molecule has 0 fully saturated rings. The van der Waals surface area contributed by atoms with E-state index in [0.29, 0.717) is 0 Å². The van der Waals surface area contributed by atoms with Crippen LogP contribution >= 0.6 is 0 Å². The second kappa shape index (κ2) is 15.4. The van der Waals surface area contributed by atoms with Gasteiger partial charge in [0.1, 0.15) is 0 Å². The van der Waals surface area contributed by atoms with Gasteiger partial charge in [0.2, 0.25) is 0 Å². The molecule has 0 spiro atoms. The van der Waals surface area contributed by atoms with Gasteiger partial charge in [0.25, 0.3) is 0 Å². The van der Waals surface area contributed by atoms with Crippen LogP contribution in [0.3, 0.4) is 0 Å². The van der Waals surface area contributed by atoms with Crippen LogP contribution in [0.5, 0.6) is 0 Å². The molecular formula is C13H30N4O2. The highest BCUT2D eigenvalue weighted by Gasteiger charge is 1.94. The third-order valence-corrected chi connectivity index (χ3v) is 2.72. The molecular weight excluding hydrogens is 244 g/mol. The normalized spacial score (nSPS) is 10.8. The molecule has 0 saturated heterocycles. The van der Waals surface area contributed by atoms with Crippen LogP contribution < -0.4 is 21.3 Å². The Labute approximate surface area is 116 Å². The monoisotopic (exact) mass is 274 g/mol. The molecule has 0 amide bonds. The summed E-state index contributed by atoms with van der Waals surface area (Å²) >= 11 is 0. The van der Waals surface area contributed by atoms with Crippen LogP contribution in [0.2, 0.25) is 0 Å². The van der Waals surface area contributed by atoms with E-state index in [9.17, 15) is 4.79 Å². The zero-order valence-electron chi connectivity index (χ0n) is 12.1. The first-order chi connectivity index (χ1) is 9.27. The molecule has 0 aliphatic heterocycles. The Kier molecular flexibility index (Phi) is 14.8. The van der Waals surface area contributed by atoms with E-state index in [0.717, 1.165) is 45.7 Å². The van der Waals surface area contributed by atoms with Gasteiger partial charge in [0, 0.05) is 0 Å². The summed E-state index contributed by atoms with van der Waals surface area (Å²) in [5.41, 5.74) is 0. The number of unbranched alkanes of at least 4 members (excludes halogenated alkanes) is 1. The van der Waals surface area contributed by atoms with E-state index in [1.807, 2.05) is 7.05 Å². The van der Waals surface area contributed by atoms with Gasteiger partial charge < -0.3 is 26.4 Å². The highest BCUT2D eigenvalue weighted by atomic mass is 16.4. The molecule has 0 saturated carbocycles. The largest absolute Gasteiger partial charge is 0.480 e. The lowest BCUT2D eigenvalue weighted by Crippen LogP contribution is -2.27. The Morgan fingerprint density at radius 1 is 0.789 bits per heavy atom. The number of hydrogen-bond acceptors (Lipinski definition) is 5. The fourth-order valence-corrected chi connectivity index (χ4v) is 1.67. The minimum atomic E-state index is -0.796. The standard InChI is InChI=1S/C13H30N4O2/c1-14-6-4-9-15-7-2-3-8-16-10-5-11-17-12-13(18)19/h14-17H,2-12H2,1H3,(H,18,19). The fourth-order valence-electron chi connectivity index (χ4n) is 1.67. The van der Waals surface area contributed by atoms with Crippen molar-refractivity contribution >= 4 is 5.97 Å². The van der Waals surface area contributed by atoms with Crippen LogP contribution in [-0.4, -0.2) is 63.9 Å². The lowest BCUT2D eigenvalue weighted by atomic mass is 10.3. The molecule has 114 valence electrons. The third kappa shape index (κ3) is 17.3. The van der Waals surface area contributed by atoms with Crippen molar-refractivity contribution in [1.82, 2.24) is 21.3 Å². The molecule has 0 heterocycles. The molecule has 0 aliphatic rings. The first kappa shape index (κ1) is 18.3. The van der Waals surface area contributed by atoms with Gasteiger partial charge in [0.05, 0.1) is 6.54 Å². The fraction of sp³-hybridized carbons (Fsp3) is 0.923. The molecule has 0 aromatic heterocycles. The van der Waals surface area contributed by atoms with Crippen LogP contribution in [-0.2, 0) is 4.79 Å². The zero-order chi connectivity index (χ0) is 14.2. The van der Waals surface area contributed by atoms with Gasteiger partial charge >= 0.3 is 5.97 Å². The van der Waals surface area contributed by atoms with Crippen molar-refractivity contribution in [3.63, 3.8) is 0 Å². The molecule has 0 radical (unpaired) electrons. The molecule has 0 atom stereocenters. The van der Waals surface area contributed by atoms with Gasteiger partial charge in [-0.15, -0.1) is 0 Å². The average molecular weight is 274 g/mol. The second-order valence-corrected chi connectivity index (χ2v) is 4.59. The van der Waals surface area contributed by atoms with E-state index in [2.05, 4.69) is 21.3 Å². The van der Waals surface area contributed by atoms with Crippen molar-refractivity contribution in [3.8, 4) is 0 Å². The van der Waals surface area contributed by atoms with Crippen LogP contribution in [0.1, 0.15) is 25.7 Å². The minimum absolute atomic E-state index is 0.0548. The lowest BCUT2D eigenvalue weighted by Gasteiger charge is -2.06. The van der Waals surface area contributed by atoms with Crippen LogP contribution in [0.4, 0.5) is 0 Å². The average Bonchev–Trinajstić information content (AvgIpc) is 2.39. The topological polar surface area (TPSA) is 85.4 Å². The predicted octanol–water partition coefficient (Wildman–Crippen LogP) is -0.380. The van der Waals surface area contributed by atoms with E-state index in [1.54, 1.807) is 0 Å². The quantitative estimate of drug-likeness (QED) is 0.262. The highest BCUT2D eigenvalue weighted by Crippen LogP contribution is 1.85. The van der Waals surface area contributed by atoms with Gasteiger partial charge in [-0.25, -0.2) is 0 Å². The van der Waals surface area contributed by atoms with Gasteiger partial charge in [-0.2, -0.15) is 0 Å². The maximum absolute atomic E-state index is 10.2. The van der Waals surface area contributed by atoms with Crippen molar-refractivity contribution in [3.05, 3.63) is 0 Å². The summed E-state index contributed by atoms with van der Waals surface area (Å²) in [5, 5.41) is 21.2. The van der Waals surface area contributed by atoms with E-state index in [-0.39, 0.29) is 6.54 Å². The Bertz CT molecular complexity index is 203. The van der Waals surface area contributed by atoms with Gasteiger partial charge in [0.15, 0.2) is 0 Å². The number of carboxylic acids is 1. The Morgan fingerprint density at radius 2 is 1.26 bits per heavy atom. The molecule has 0 unspecified atom stereocenters. The number of carboxylic acid groups (broad SMARTS) is 1. The Balaban J connectivity index is 2.93. The SMILES string of the molecule is CNCCCNCCCCNCCCNCC(=O)O. The first-order valence-electron chi connectivity index (χ1n) is 7.26. The lowest BCUT2D eigenvalue weighted by molar-refractivity contribution is -0.135. The second-order valence-electron chi connectivity index (χ2n) is 4.59. The summed E-state index contributed by atoms with van der Waals surface area (Å²) in [5.74, 6) is -0.796. The van der Waals surface area contributed by atoms with Crippen molar-refractivity contribution in [1.29, 1.82) is 0 Å². The summed E-state index contributed by atoms with van der Waals surface area (Å²) in [4.78, 5) is 10.2. The summed E-state index contributed by atoms with van der Waals surface area (Å²) in [7, 11) is 1.98. The van der Waals surface area contributed by atoms with Crippen molar-refractivity contribution in [2.75, 3.05) is 52.9 Å².